The summed E-state index contributed by atoms with van der Waals surface area (Å²) in [7, 11) is 0. The summed E-state index contributed by atoms with van der Waals surface area (Å²) in [5, 5.41) is 119. The van der Waals surface area contributed by atoms with E-state index in [1.165, 1.54) is 51.4 Å². The zero-order valence-corrected chi connectivity index (χ0v) is 39.6. The lowest BCUT2D eigenvalue weighted by molar-refractivity contribution is -0.379. The van der Waals surface area contributed by atoms with E-state index >= 15 is 0 Å². The van der Waals surface area contributed by atoms with Crippen LogP contribution in [0.25, 0.3) is 0 Å². The number of nitrogens with one attached hydrogen (secondary N) is 1. The minimum absolute atomic E-state index is 0.233. The molecule has 0 spiro atoms. The number of carbonyl (C=O) groups excluding carboxylic acids is 1. The molecule has 19 nitrogen and oxygen atoms in total. The minimum Gasteiger partial charge on any atom is -0.394 e. The number of unbranched alkanes of at least 4 members (excludes halogenated alkanes) is 13. The molecule has 3 aliphatic heterocycles. The van der Waals surface area contributed by atoms with E-state index in [4.69, 9.17) is 28.4 Å². The molecule has 0 radical (unpaired) electrons. The van der Waals surface area contributed by atoms with E-state index in [0.717, 1.165) is 44.9 Å². The molecule has 0 aliphatic carbocycles. The van der Waals surface area contributed by atoms with E-state index in [9.17, 15) is 61.0 Å². The first-order valence-corrected chi connectivity index (χ1v) is 24.7. The number of aliphatic hydroxyl groups is 11. The summed E-state index contributed by atoms with van der Waals surface area (Å²) in [6.07, 6.45) is 3.20. The van der Waals surface area contributed by atoms with E-state index in [-0.39, 0.29) is 18.9 Å². The fourth-order valence-electron chi connectivity index (χ4n) is 8.29. The van der Waals surface area contributed by atoms with Crippen molar-refractivity contribution in [1.82, 2.24) is 5.32 Å². The first-order valence-electron chi connectivity index (χ1n) is 24.7. The molecule has 0 aromatic heterocycles. The second-order valence-electron chi connectivity index (χ2n) is 17.9. The van der Waals surface area contributed by atoms with Crippen molar-refractivity contribution in [2.24, 2.45) is 0 Å². The van der Waals surface area contributed by atoms with Gasteiger partial charge in [-0.25, -0.2) is 0 Å². The number of carbonyl (C=O) groups is 1. The van der Waals surface area contributed by atoms with Gasteiger partial charge in [-0.3, -0.25) is 4.79 Å². The molecule has 390 valence electrons. The highest BCUT2D eigenvalue weighted by Gasteiger charge is 2.53. The standard InChI is InChI=1S/C48H85NO18/c1-3-5-7-9-11-13-15-16-18-20-22-24-26-36(54)49-31(32(53)25-23-21-19-17-14-12-10-8-6-4-2)30-62-46-42(60)39(57)44(34(28-51)64-46)67-48-43(61)40(58)45(35(29-52)65-48)66-47-41(59)38(56)37(55)33(27-50)63-47/h6,8,14,17,23,25,31-35,37-48,50-53,55-61H,3-5,7,9-13,15-16,18-22,24,26-30H2,1-2H3,(H,49,54)/b8-6+,17-14+,25-23+. The minimum atomic E-state index is -1.98. The van der Waals surface area contributed by atoms with Gasteiger partial charge in [0.15, 0.2) is 18.9 Å². The Morgan fingerprint density at radius 2 is 0.970 bits per heavy atom. The van der Waals surface area contributed by atoms with Crippen molar-refractivity contribution in [1.29, 1.82) is 0 Å². The lowest BCUT2D eigenvalue weighted by atomic mass is 9.96. The van der Waals surface area contributed by atoms with Gasteiger partial charge in [-0.15, -0.1) is 0 Å². The average molecular weight is 964 g/mol. The van der Waals surface area contributed by atoms with Crippen molar-refractivity contribution >= 4 is 5.91 Å². The van der Waals surface area contributed by atoms with Crippen LogP contribution in [-0.4, -0.2) is 193 Å². The van der Waals surface area contributed by atoms with Crippen LogP contribution in [0.1, 0.15) is 129 Å². The number of aliphatic hydroxyl groups excluding tert-OH is 11. The smallest absolute Gasteiger partial charge is 0.220 e. The van der Waals surface area contributed by atoms with Crippen molar-refractivity contribution in [2.75, 3.05) is 26.4 Å². The zero-order valence-electron chi connectivity index (χ0n) is 39.6. The van der Waals surface area contributed by atoms with E-state index in [2.05, 4.69) is 43.5 Å². The molecule has 3 aliphatic rings. The van der Waals surface area contributed by atoms with Gasteiger partial charge < -0.3 is 89.9 Å². The molecule has 3 fully saturated rings. The van der Waals surface area contributed by atoms with Crippen LogP contribution >= 0.6 is 0 Å². The van der Waals surface area contributed by atoms with E-state index < -0.39 is 124 Å². The Bertz CT molecular complexity index is 1390. The third-order valence-electron chi connectivity index (χ3n) is 12.4. The molecular weight excluding hydrogens is 879 g/mol. The Kier molecular flexibility index (Phi) is 29.7. The topological polar surface area (TPSA) is 307 Å². The van der Waals surface area contributed by atoms with Crippen molar-refractivity contribution in [2.45, 2.75) is 234 Å². The van der Waals surface area contributed by atoms with Gasteiger partial charge >= 0.3 is 0 Å². The molecule has 0 bridgehead atoms. The molecule has 1 amide bonds. The molecule has 0 aromatic rings. The maximum absolute atomic E-state index is 13.2. The summed E-state index contributed by atoms with van der Waals surface area (Å²) in [6, 6.07) is -0.989. The Labute approximate surface area is 396 Å². The van der Waals surface area contributed by atoms with Crippen LogP contribution in [0.4, 0.5) is 0 Å². The van der Waals surface area contributed by atoms with Crippen molar-refractivity contribution in [3.8, 4) is 0 Å². The predicted octanol–water partition coefficient (Wildman–Crippen LogP) is 1.03. The molecule has 0 saturated carbocycles. The van der Waals surface area contributed by atoms with Gasteiger partial charge in [-0.1, -0.05) is 121 Å². The maximum atomic E-state index is 13.2. The van der Waals surface area contributed by atoms with Crippen LogP contribution in [-0.2, 0) is 33.2 Å². The van der Waals surface area contributed by atoms with E-state index in [1.54, 1.807) is 12.2 Å². The highest BCUT2D eigenvalue weighted by Crippen LogP contribution is 2.33. The van der Waals surface area contributed by atoms with Crippen molar-refractivity contribution in [3.63, 3.8) is 0 Å². The fraction of sp³-hybridized carbons (Fsp3) is 0.854. The summed E-state index contributed by atoms with van der Waals surface area (Å²) in [5.74, 6) is -0.296. The Morgan fingerprint density at radius 1 is 0.537 bits per heavy atom. The zero-order chi connectivity index (χ0) is 49.1. The highest BCUT2D eigenvalue weighted by atomic mass is 16.8. The van der Waals surface area contributed by atoms with Crippen molar-refractivity contribution < 1.29 is 89.4 Å². The molecule has 17 atom stereocenters. The number of rotatable bonds is 33. The summed E-state index contributed by atoms with van der Waals surface area (Å²) < 4.78 is 34.0. The molecule has 3 heterocycles. The van der Waals surface area contributed by atoms with Crippen LogP contribution in [0.2, 0.25) is 0 Å². The van der Waals surface area contributed by atoms with Gasteiger partial charge in [0.05, 0.1) is 38.6 Å². The van der Waals surface area contributed by atoms with Gasteiger partial charge in [0, 0.05) is 6.42 Å². The van der Waals surface area contributed by atoms with Crippen molar-refractivity contribution in [3.05, 3.63) is 36.5 Å². The Hall–Kier alpha value is -1.99. The average Bonchev–Trinajstić information content (AvgIpc) is 3.32. The van der Waals surface area contributed by atoms with Gasteiger partial charge in [0.25, 0.3) is 0 Å². The number of hydrogen-bond donors (Lipinski definition) is 12. The maximum Gasteiger partial charge on any atom is 0.220 e. The first kappa shape index (κ1) is 59.3. The quantitative estimate of drug-likeness (QED) is 0.0323. The molecule has 0 aromatic carbocycles. The highest BCUT2D eigenvalue weighted by molar-refractivity contribution is 5.76. The summed E-state index contributed by atoms with van der Waals surface area (Å²) in [6.45, 7) is 1.51. The second kappa shape index (κ2) is 33.6. The monoisotopic (exact) mass is 964 g/mol. The number of hydrogen-bond acceptors (Lipinski definition) is 18. The third kappa shape index (κ3) is 20.0. The Morgan fingerprint density at radius 3 is 1.48 bits per heavy atom. The van der Waals surface area contributed by atoms with Gasteiger partial charge in [-0.2, -0.15) is 0 Å². The van der Waals surface area contributed by atoms with E-state index in [0.29, 0.717) is 12.8 Å². The lowest BCUT2D eigenvalue weighted by Gasteiger charge is -2.48. The fourth-order valence-corrected chi connectivity index (χ4v) is 8.29. The molecule has 3 saturated heterocycles. The summed E-state index contributed by atoms with van der Waals surface area (Å²) >= 11 is 0. The molecular formula is C48H85NO18. The number of allylic oxidation sites excluding steroid dienone is 5. The Balaban J connectivity index is 1.59. The lowest BCUT2D eigenvalue weighted by Crippen LogP contribution is -2.66. The molecule has 17 unspecified atom stereocenters. The van der Waals surface area contributed by atoms with Crippen LogP contribution in [0.3, 0.4) is 0 Å². The largest absolute Gasteiger partial charge is 0.394 e. The van der Waals surface area contributed by atoms with Gasteiger partial charge in [0.2, 0.25) is 5.91 Å². The predicted molar refractivity (Wildman–Crippen MR) is 245 cm³/mol. The van der Waals surface area contributed by atoms with Crippen LogP contribution in [0.15, 0.2) is 36.5 Å². The number of amides is 1. The SMILES string of the molecule is CC/C=C/CC/C=C/CC/C=C/C(O)C(COC1OC(CO)C(OC2OC(CO)C(OC3OC(CO)C(O)C(O)C3O)C(O)C2O)C(O)C1O)NC(=O)CCCCCCCCCCCCCC. The summed E-state index contributed by atoms with van der Waals surface area (Å²) in [4.78, 5) is 13.2. The molecule has 19 heteroatoms. The third-order valence-corrected chi connectivity index (χ3v) is 12.4. The second-order valence-corrected chi connectivity index (χ2v) is 17.9. The molecule has 3 rings (SSSR count). The molecule has 67 heavy (non-hydrogen) atoms. The number of ether oxygens (including phenoxy) is 6. The van der Waals surface area contributed by atoms with E-state index in [1.807, 2.05) is 0 Å². The van der Waals surface area contributed by atoms with Gasteiger partial charge in [-0.05, 0) is 38.5 Å². The van der Waals surface area contributed by atoms with Crippen LogP contribution in [0.5, 0.6) is 0 Å². The molecule has 12 N–H and O–H groups in total. The van der Waals surface area contributed by atoms with Crippen LogP contribution in [0, 0.1) is 0 Å². The first-order chi connectivity index (χ1) is 32.3. The van der Waals surface area contributed by atoms with Gasteiger partial charge in [0.1, 0.15) is 73.2 Å². The van der Waals surface area contributed by atoms with Crippen LogP contribution < -0.4 is 5.32 Å². The summed E-state index contributed by atoms with van der Waals surface area (Å²) in [5.41, 5.74) is 0. The normalized spacial score (nSPS) is 33.8.